The van der Waals surface area contributed by atoms with Gasteiger partial charge in [-0.2, -0.15) is 4.31 Å². The summed E-state index contributed by atoms with van der Waals surface area (Å²) < 4.78 is 38.4. The summed E-state index contributed by atoms with van der Waals surface area (Å²) in [6.45, 7) is 13.0. The molecule has 1 aromatic carbocycles. The summed E-state index contributed by atoms with van der Waals surface area (Å²) in [5.41, 5.74) is 0.0903. The van der Waals surface area contributed by atoms with Crippen LogP contribution in [0, 0.1) is 11.8 Å². The van der Waals surface area contributed by atoms with Gasteiger partial charge in [-0.3, -0.25) is 4.79 Å². The van der Waals surface area contributed by atoms with Gasteiger partial charge in [-0.1, -0.05) is 33.8 Å². The fourth-order valence-electron chi connectivity index (χ4n) is 3.72. The number of hydrogen-bond acceptors (Lipinski definition) is 6. The fraction of sp³-hybridized carbons (Fsp3) is 0.652. The van der Waals surface area contributed by atoms with Gasteiger partial charge in [-0.25, -0.2) is 13.2 Å². The van der Waals surface area contributed by atoms with Crippen LogP contribution < -0.4 is 0 Å². The first kappa shape index (κ1) is 26.3. The summed E-state index contributed by atoms with van der Waals surface area (Å²) in [6.07, 6.45) is -0.431. The minimum Gasteiger partial charge on any atom is -0.452 e. The van der Waals surface area contributed by atoms with Gasteiger partial charge in [0.25, 0.3) is 5.91 Å². The van der Waals surface area contributed by atoms with Crippen molar-refractivity contribution in [3.8, 4) is 0 Å². The highest BCUT2D eigenvalue weighted by Gasteiger charge is 2.32. The number of esters is 1. The molecule has 1 aliphatic rings. The molecule has 2 atom stereocenters. The third kappa shape index (κ3) is 7.28. The van der Waals surface area contributed by atoms with Gasteiger partial charge < -0.3 is 14.4 Å². The van der Waals surface area contributed by atoms with Gasteiger partial charge >= 0.3 is 5.97 Å². The molecule has 1 fully saturated rings. The molecule has 1 heterocycles. The van der Waals surface area contributed by atoms with Crippen molar-refractivity contribution in [2.45, 2.75) is 58.6 Å². The van der Waals surface area contributed by atoms with Gasteiger partial charge in [-0.15, -0.1) is 0 Å². The number of morpholine rings is 1. The summed E-state index contributed by atoms with van der Waals surface area (Å²) >= 11 is 0. The van der Waals surface area contributed by atoms with Crippen molar-refractivity contribution in [1.82, 2.24) is 9.21 Å². The van der Waals surface area contributed by atoms with Crippen LogP contribution in [0.5, 0.6) is 0 Å². The Balaban J connectivity index is 2.09. The Hall–Kier alpha value is -1.97. The van der Waals surface area contributed by atoms with Crippen LogP contribution in [0.2, 0.25) is 0 Å². The van der Waals surface area contributed by atoms with Crippen molar-refractivity contribution in [2.75, 3.05) is 32.8 Å². The number of carbonyl (C=O) groups excluding carboxylic acids is 2. The number of nitrogens with zero attached hydrogens (tertiary/aromatic N) is 2. The van der Waals surface area contributed by atoms with E-state index < -0.39 is 16.0 Å². The Bertz CT molecular complexity index is 880. The maximum absolute atomic E-state index is 13.1. The number of rotatable bonds is 9. The molecule has 0 saturated carbocycles. The van der Waals surface area contributed by atoms with E-state index >= 15 is 0 Å². The smallest absolute Gasteiger partial charge is 0.338 e. The predicted octanol–water partition coefficient (Wildman–Crippen LogP) is 2.78. The third-order valence-electron chi connectivity index (χ3n) is 4.94. The first-order chi connectivity index (χ1) is 14.9. The van der Waals surface area contributed by atoms with Crippen LogP contribution >= 0.6 is 0 Å². The Morgan fingerprint density at radius 1 is 1.09 bits per heavy atom. The first-order valence-electron chi connectivity index (χ1n) is 11.1. The summed E-state index contributed by atoms with van der Waals surface area (Å²) in [5, 5.41) is 0. The van der Waals surface area contributed by atoms with Crippen molar-refractivity contribution in [3.63, 3.8) is 0 Å². The molecule has 1 aliphatic heterocycles. The van der Waals surface area contributed by atoms with Crippen LogP contribution in [0.15, 0.2) is 29.2 Å². The van der Waals surface area contributed by atoms with E-state index in [1.807, 2.05) is 41.5 Å². The van der Waals surface area contributed by atoms with Crippen molar-refractivity contribution in [2.24, 2.45) is 11.8 Å². The summed E-state index contributed by atoms with van der Waals surface area (Å²) in [7, 11) is -3.79. The maximum Gasteiger partial charge on any atom is 0.338 e. The lowest BCUT2D eigenvalue weighted by atomic mass is 10.1. The van der Waals surface area contributed by atoms with Crippen molar-refractivity contribution in [3.05, 3.63) is 29.8 Å². The highest BCUT2D eigenvalue weighted by atomic mass is 32.2. The van der Waals surface area contributed by atoms with E-state index in [-0.39, 0.29) is 48.3 Å². The largest absolute Gasteiger partial charge is 0.452 e. The lowest BCUT2D eigenvalue weighted by Crippen LogP contribution is -2.48. The number of hydrogen-bond donors (Lipinski definition) is 0. The minimum atomic E-state index is -3.79. The van der Waals surface area contributed by atoms with Crippen LogP contribution in [0.25, 0.3) is 0 Å². The highest BCUT2D eigenvalue weighted by molar-refractivity contribution is 7.89. The lowest BCUT2D eigenvalue weighted by molar-refractivity contribution is -0.135. The monoisotopic (exact) mass is 468 g/mol. The van der Waals surface area contributed by atoms with Gasteiger partial charge in [0.1, 0.15) is 0 Å². The quantitative estimate of drug-likeness (QED) is 0.518. The van der Waals surface area contributed by atoms with E-state index in [9.17, 15) is 18.0 Å². The molecule has 180 valence electrons. The van der Waals surface area contributed by atoms with E-state index in [2.05, 4.69) is 0 Å². The molecular formula is C23H36N2O6S. The van der Waals surface area contributed by atoms with E-state index in [0.717, 1.165) is 0 Å². The van der Waals surface area contributed by atoms with Crippen LogP contribution in [0.4, 0.5) is 0 Å². The number of amides is 1. The van der Waals surface area contributed by atoms with Gasteiger partial charge in [0.05, 0.1) is 22.7 Å². The summed E-state index contributed by atoms with van der Waals surface area (Å²) in [6, 6.07) is 5.74. The molecule has 0 aliphatic carbocycles. The van der Waals surface area contributed by atoms with Crippen LogP contribution in [0.1, 0.15) is 51.9 Å². The standard InChI is InChI=1S/C23H36N2O6S/c1-16(2)11-24(12-17(3)4)22(26)15-30-23(27)20-8-7-9-21(10-20)32(28,29)25-13-18(5)31-19(6)14-25/h7-10,16-19H,11-15H2,1-6H3. The average Bonchev–Trinajstić information content (AvgIpc) is 2.70. The second-order valence-electron chi connectivity index (χ2n) is 9.27. The molecule has 8 nitrogen and oxygen atoms in total. The SMILES string of the molecule is CC(C)CN(CC(C)C)C(=O)COC(=O)c1cccc(S(=O)(=O)N2CC(C)OC(C)C2)c1. The molecule has 0 bridgehead atoms. The number of sulfonamides is 1. The van der Waals surface area contributed by atoms with Gasteiger partial charge in [-0.05, 0) is 43.9 Å². The molecule has 0 N–H and O–H groups in total. The maximum atomic E-state index is 13.1. The number of benzene rings is 1. The molecular weight excluding hydrogens is 432 g/mol. The molecule has 9 heteroatoms. The zero-order chi connectivity index (χ0) is 24.1. The predicted molar refractivity (Wildman–Crippen MR) is 122 cm³/mol. The third-order valence-corrected chi connectivity index (χ3v) is 6.77. The molecule has 1 saturated heterocycles. The second kappa shape index (κ2) is 11.2. The van der Waals surface area contributed by atoms with Crippen LogP contribution in [0.3, 0.4) is 0 Å². The van der Waals surface area contributed by atoms with Crippen molar-refractivity contribution < 1.29 is 27.5 Å². The van der Waals surface area contributed by atoms with Crippen molar-refractivity contribution >= 4 is 21.9 Å². The Kier molecular flexibility index (Phi) is 9.24. The van der Waals surface area contributed by atoms with E-state index in [0.29, 0.717) is 24.9 Å². The highest BCUT2D eigenvalue weighted by Crippen LogP contribution is 2.22. The lowest BCUT2D eigenvalue weighted by Gasteiger charge is -2.34. The topological polar surface area (TPSA) is 93.2 Å². The minimum absolute atomic E-state index is 0.0146. The zero-order valence-corrected chi connectivity index (χ0v) is 20.7. The molecule has 0 radical (unpaired) electrons. The Morgan fingerprint density at radius 3 is 2.19 bits per heavy atom. The summed E-state index contributed by atoms with van der Waals surface area (Å²) in [4.78, 5) is 26.8. The van der Waals surface area contributed by atoms with Crippen LogP contribution in [-0.2, 0) is 24.3 Å². The normalized spacial score (nSPS) is 19.9. The zero-order valence-electron chi connectivity index (χ0n) is 19.9. The molecule has 2 rings (SSSR count). The first-order valence-corrected chi connectivity index (χ1v) is 12.5. The van der Waals surface area contributed by atoms with Gasteiger partial charge in [0.2, 0.25) is 10.0 Å². The Labute approximate surface area is 191 Å². The molecule has 1 amide bonds. The van der Waals surface area contributed by atoms with Crippen molar-refractivity contribution in [1.29, 1.82) is 0 Å². The molecule has 2 unspecified atom stereocenters. The van der Waals surface area contributed by atoms with E-state index in [4.69, 9.17) is 9.47 Å². The van der Waals surface area contributed by atoms with E-state index in [1.54, 1.807) is 4.90 Å². The molecule has 0 aromatic heterocycles. The van der Waals surface area contributed by atoms with Crippen LogP contribution in [-0.4, -0.2) is 74.5 Å². The molecule has 0 spiro atoms. The second-order valence-corrected chi connectivity index (χ2v) is 11.2. The van der Waals surface area contributed by atoms with E-state index in [1.165, 1.54) is 28.6 Å². The molecule has 1 aromatic rings. The molecule has 32 heavy (non-hydrogen) atoms. The number of carbonyl (C=O) groups is 2. The van der Waals surface area contributed by atoms with Gasteiger partial charge in [0, 0.05) is 26.2 Å². The Morgan fingerprint density at radius 2 is 1.66 bits per heavy atom. The number of ether oxygens (including phenoxy) is 2. The average molecular weight is 469 g/mol. The van der Waals surface area contributed by atoms with Gasteiger partial charge in [0.15, 0.2) is 6.61 Å². The summed E-state index contributed by atoms with van der Waals surface area (Å²) in [5.74, 6) is -0.407. The fourth-order valence-corrected chi connectivity index (χ4v) is 5.36.